The van der Waals surface area contributed by atoms with Gasteiger partial charge in [-0.25, -0.2) is 4.79 Å². The van der Waals surface area contributed by atoms with Gasteiger partial charge in [-0.15, -0.1) is 0 Å². The molecular formula is C23H25N5O5. The second-order valence-electron chi connectivity index (χ2n) is 8.15. The van der Waals surface area contributed by atoms with Crippen LogP contribution in [-0.4, -0.2) is 51.9 Å². The van der Waals surface area contributed by atoms with Gasteiger partial charge in [0, 0.05) is 37.1 Å². The van der Waals surface area contributed by atoms with Crippen LogP contribution in [0.3, 0.4) is 0 Å². The van der Waals surface area contributed by atoms with Crippen LogP contribution in [0.4, 0.5) is 16.2 Å². The number of aryl methyl sites for hydroxylation is 1. The molecule has 2 fully saturated rings. The first-order valence-electron chi connectivity index (χ1n) is 10.8. The first kappa shape index (κ1) is 22.3. The topological polar surface area (TPSA) is 118 Å². The summed E-state index contributed by atoms with van der Waals surface area (Å²) in [5.74, 6) is -1.40. The van der Waals surface area contributed by atoms with E-state index in [0.29, 0.717) is 22.6 Å². The second-order valence-corrected chi connectivity index (χ2v) is 8.15. The van der Waals surface area contributed by atoms with E-state index in [1.54, 1.807) is 25.1 Å². The number of benzene rings is 1. The standard InChI is InChI=1S/C23H25N5O5/c1-4-26-22(30)18(21(29)24-23(26)31)12-16-11-14(2)27(15(16)3)17-7-8-19(20(13-17)28(32)33)25-9-5-6-10-25/h7-8,11-13H,4-6,9-10H2,1-3H3,(H,24,29,31)/b18-12+. The number of nitro benzene ring substituents is 1. The van der Waals surface area contributed by atoms with Gasteiger partial charge < -0.3 is 9.47 Å². The molecule has 10 heteroatoms. The number of carbonyl (C=O) groups is 3. The van der Waals surface area contributed by atoms with E-state index in [2.05, 4.69) is 5.32 Å². The average molecular weight is 451 g/mol. The number of rotatable bonds is 5. The van der Waals surface area contributed by atoms with Gasteiger partial charge in [0.1, 0.15) is 11.3 Å². The highest BCUT2D eigenvalue weighted by atomic mass is 16.6. The van der Waals surface area contributed by atoms with E-state index in [0.717, 1.165) is 36.5 Å². The van der Waals surface area contributed by atoms with Gasteiger partial charge in [-0.2, -0.15) is 0 Å². The Morgan fingerprint density at radius 1 is 1.12 bits per heavy atom. The Kier molecular flexibility index (Phi) is 5.75. The highest BCUT2D eigenvalue weighted by molar-refractivity contribution is 6.31. The molecule has 0 unspecified atom stereocenters. The van der Waals surface area contributed by atoms with E-state index < -0.39 is 17.8 Å². The smallest absolute Gasteiger partial charge is 0.331 e. The van der Waals surface area contributed by atoms with Crippen LogP contribution < -0.4 is 10.2 Å². The molecule has 3 heterocycles. The maximum absolute atomic E-state index is 12.6. The quantitative estimate of drug-likeness (QED) is 0.323. The number of anilines is 1. The molecule has 0 saturated carbocycles. The Hall–Kier alpha value is -3.95. The van der Waals surface area contributed by atoms with Crippen LogP contribution in [0, 0.1) is 24.0 Å². The van der Waals surface area contributed by atoms with Crippen molar-refractivity contribution < 1.29 is 19.3 Å². The van der Waals surface area contributed by atoms with E-state index in [1.807, 2.05) is 29.4 Å². The number of nitrogens with one attached hydrogen (secondary N) is 1. The van der Waals surface area contributed by atoms with Crippen molar-refractivity contribution in [3.8, 4) is 5.69 Å². The summed E-state index contributed by atoms with van der Waals surface area (Å²) in [6.07, 6.45) is 3.48. The molecule has 4 amide bonds. The molecule has 0 aliphatic carbocycles. The molecule has 0 spiro atoms. The average Bonchev–Trinajstić information content (AvgIpc) is 3.39. The van der Waals surface area contributed by atoms with Crippen LogP contribution in [0.5, 0.6) is 0 Å². The van der Waals surface area contributed by atoms with Gasteiger partial charge >= 0.3 is 6.03 Å². The van der Waals surface area contributed by atoms with Crippen LogP contribution in [0.2, 0.25) is 0 Å². The zero-order valence-electron chi connectivity index (χ0n) is 18.8. The van der Waals surface area contributed by atoms with Crippen molar-refractivity contribution in [3.05, 3.63) is 56.9 Å². The molecule has 0 atom stereocenters. The Balaban J connectivity index is 1.75. The molecule has 0 bridgehead atoms. The summed E-state index contributed by atoms with van der Waals surface area (Å²) in [7, 11) is 0. The molecular weight excluding hydrogens is 426 g/mol. The molecule has 2 aromatic rings. The van der Waals surface area contributed by atoms with Gasteiger partial charge in [0.05, 0.1) is 10.6 Å². The van der Waals surface area contributed by atoms with Gasteiger partial charge in [0.15, 0.2) is 0 Å². The highest BCUT2D eigenvalue weighted by Gasteiger charge is 2.35. The lowest BCUT2D eigenvalue weighted by Gasteiger charge is -2.24. The third-order valence-corrected chi connectivity index (χ3v) is 6.13. The zero-order valence-corrected chi connectivity index (χ0v) is 18.8. The molecule has 172 valence electrons. The summed E-state index contributed by atoms with van der Waals surface area (Å²) in [6, 6.07) is 6.24. The van der Waals surface area contributed by atoms with Gasteiger partial charge in [-0.3, -0.25) is 29.9 Å². The predicted octanol–water partition coefficient (Wildman–Crippen LogP) is 3.08. The molecule has 10 nitrogen and oxygen atoms in total. The van der Waals surface area contributed by atoms with Crippen molar-refractivity contribution in [1.29, 1.82) is 0 Å². The van der Waals surface area contributed by atoms with E-state index in [4.69, 9.17) is 0 Å². The first-order valence-corrected chi connectivity index (χ1v) is 10.8. The minimum atomic E-state index is -0.745. The lowest BCUT2D eigenvalue weighted by atomic mass is 10.1. The number of hydrogen-bond donors (Lipinski definition) is 1. The third-order valence-electron chi connectivity index (χ3n) is 6.13. The number of barbiturate groups is 1. The molecule has 4 rings (SSSR count). The van der Waals surface area contributed by atoms with Gasteiger partial charge in [0.2, 0.25) is 0 Å². The van der Waals surface area contributed by atoms with Crippen LogP contribution in [0.15, 0.2) is 29.8 Å². The monoisotopic (exact) mass is 451 g/mol. The lowest BCUT2D eigenvalue weighted by molar-refractivity contribution is -0.384. The zero-order chi connectivity index (χ0) is 23.9. The molecule has 1 aromatic heterocycles. The maximum Gasteiger partial charge on any atom is 0.331 e. The van der Waals surface area contributed by atoms with Crippen LogP contribution >= 0.6 is 0 Å². The minimum absolute atomic E-state index is 0.0424. The van der Waals surface area contributed by atoms with Crippen molar-refractivity contribution in [2.75, 3.05) is 24.5 Å². The third kappa shape index (κ3) is 3.88. The number of carbonyl (C=O) groups excluding carboxylic acids is 3. The lowest BCUT2D eigenvalue weighted by Crippen LogP contribution is -2.53. The Morgan fingerprint density at radius 2 is 1.82 bits per heavy atom. The minimum Gasteiger partial charge on any atom is -0.366 e. The number of nitro groups is 1. The van der Waals surface area contributed by atoms with Gasteiger partial charge in [-0.05, 0) is 63.5 Å². The van der Waals surface area contributed by atoms with Gasteiger partial charge in [-0.1, -0.05) is 0 Å². The summed E-state index contributed by atoms with van der Waals surface area (Å²) in [4.78, 5) is 51.2. The van der Waals surface area contributed by atoms with Crippen LogP contribution in [-0.2, 0) is 9.59 Å². The maximum atomic E-state index is 12.6. The number of nitrogens with zero attached hydrogens (tertiary/aromatic N) is 4. The fourth-order valence-corrected chi connectivity index (χ4v) is 4.49. The SMILES string of the molecule is CCN1C(=O)NC(=O)/C(=C\c2cc(C)n(-c3ccc(N4CCCC4)c([N+](=O)[O-])c3)c2C)C1=O. The molecule has 2 aliphatic rings. The van der Waals surface area contributed by atoms with Crippen molar-refractivity contribution >= 4 is 35.3 Å². The summed E-state index contributed by atoms with van der Waals surface area (Å²) < 4.78 is 1.85. The van der Waals surface area contributed by atoms with Gasteiger partial charge in [0.25, 0.3) is 17.5 Å². The van der Waals surface area contributed by atoms with Crippen molar-refractivity contribution in [2.24, 2.45) is 0 Å². The fourth-order valence-electron chi connectivity index (χ4n) is 4.49. The Labute approximate surface area is 190 Å². The number of imide groups is 2. The van der Waals surface area contributed by atoms with E-state index in [9.17, 15) is 24.5 Å². The molecule has 2 aliphatic heterocycles. The van der Waals surface area contributed by atoms with E-state index in [-0.39, 0.29) is 22.7 Å². The fraction of sp³-hybridized carbons (Fsp3) is 0.348. The normalized spacial score (nSPS) is 17.8. The number of likely N-dealkylation sites (N-methyl/N-ethyl adjacent to an activating group) is 1. The van der Waals surface area contributed by atoms with Crippen LogP contribution in [0.1, 0.15) is 36.7 Å². The van der Waals surface area contributed by atoms with Crippen molar-refractivity contribution in [3.63, 3.8) is 0 Å². The second kappa shape index (κ2) is 8.53. The molecule has 1 N–H and O–H groups in total. The van der Waals surface area contributed by atoms with E-state index >= 15 is 0 Å². The number of urea groups is 1. The number of aromatic nitrogens is 1. The molecule has 2 saturated heterocycles. The predicted molar refractivity (Wildman–Crippen MR) is 122 cm³/mol. The van der Waals surface area contributed by atoms with E-state index in [1.165, 1.54) is 6.08 Å². The largest absolute Gasteiger partial charge is 0.366 e. The summed E-state index contributed by atoms with van der Waals surface area (Å²) in [5, 5.41) is 14.0. The molecule has 33 heavy (non-hydrogen) atoms. The summed E-state index contributed by atoms with van der Waals surface area (Å²) in [6.45, 7) is 7.05. The summed E-state index contributed by atoms with van der Waals surface area (Å²) >= 11 is 0. The van der Waals surface area contributed by atoms with Crippen LogP contribution in [0.25, 0.3) is 11.8 Å². The van der Waals surface area contributed by atoms with Crippen molar-refractivity contribution in [1.82, 2.24) is 14.8 Å². The highest BCUT2D eigenvalue weighted by Crippen LogP contribution is 2.34. The number of amides is 4. The first-order chi connectivity index (χ1) is 15.7. The Bertz CT molecular complexity index is 1210. The van der Waals surface area contributed by atoms with Crippen molar-refractivity contribution in [2.45, 2.75) is 33.6 Å². The molecule has 0 radical (unpaired) electrons. The summed E-state index contributed by atoms with van der Waals surface area (Å²) in [5.41, 5.74) is 3.25. The Morgan fingerprint density at radius 3 is 2.45 bits per heavy atom. The number of hydrogen-bond acceptors (Lipinski definition) is 6. The molecule has 1 aromatic carbocycles.